The molecule has 0 fully saturated rings. The Morgan fingerprint density at radius 3 is 2.92 bits per heavy atom. The van der Waals surface area contributed by atoms with Crippen molar-refractivity contribution in [2.24, 2.45) is 0 Å². The molecule has 130 valence electrons. The van der Waals surface area contributed by atoms with Crippen molar-refractivity contribution < 1.29 is 9.53 Å². The van der Waals surface area contributed by atoms with E-state index in [1.165, 1.54) is 16.4 Å². The Morgan fingerprint density at radius 1 is 1.46 bits per heavy atom. The van der Waals surface area contributed by atoms with Crippen LogP contribution in [-0.2, 0) is 9.53 Å². The molecule has 0 aliphatic carbocycles. The van der Waals surface area contributed by atoms with E-state index < -0.39 is 5.25 Å². The van der Waals surface area contributed by atoms with E-state index in [1.54, 1.807) is 32.2 Å². The lowest BCUT2D eigenvalue weighted by atomic mass is 10.2. The number of nitrogen functional groups attached to an aromatic ring is 1. The molecule has 0 unspecified atom stereocenters. The van der Waals surface area contributed by atoms with Gasteiger partial charge in [-0.3, -0.25) is 4.79 Å². The van der Waals surface area contributed by atoms with Gasteiger partial charge in [-0.15, -0.1) is 10.2 Å². The zero-order valence-electron chi connectivity index (χ0n) is 13.1. The summed E-state index contributed by atoms with van der Waals surface area (Å²) in [6.07, 6.45) is 0. The summed E-state index contributed by atoms with van der Waals surface area (Å²) in [6.45, 7) is 2.65. The summed E-state index contributed by atoms with van der Waals surface area (Å²) in [5, 5.41) is 11.8. The van der Waals surface area contributed by atoms with E-state index in [0.29, 0.717) is 39.7 Å². The topological polar surface area (TPSA) is 95.1 Å². The normalized spacial score (nSPS) is 12.2. The van der Waals surface area contributed by atoms with Crippen LogP contribution in [0.5, 0.6) is 0 Å². The van der Waals surface area contributed by atoms with Crippen molar-refractivity contribution in [2.45, 2.75) is 17.3 Å². The lowest BCUT2D eigenvalue weighted by Gasteiger charge is -2.11. The highest BCUT2D eigenvalue weighted by atomic mass is 35.5. The van der Waals surface area contributed by atoms with Crippen molar-refractivity contribution >= 4 is 40.9 Å². The zero-order valence-corrected chi connectivity index (χ0v) is 15.5. The second-order valence-corrected chi connectivity index (χ2v) is 7.00. The molecule has 0 bridgehead atoms. The van der Waals surface area contributed by atoms with Gasteiger partial charge in [0.1, 0.15) is 0 Å². The fourth-order valence-electron chi connectivity index (χ4n) is 1.84. The van der Waals surface area contributed by atoms with Gasteiger partial charge in [0, 0.05) is 24.2 Å². The molecule has 7 nitrogen and oxygen atoms in total. The number of nitrogens with two attached hydrogens (primary N) is 1. The lowest BCUT2D eigenvalue weighted by Crippen LogP contribution is -2.33. The Bertz CT molecular complexity index is 725. The quantitative estimate of drug-likeness (QED) is 0.428. The Kier molecular flexibility index (Phi) is 6.73. The van der Waals surface area contributed by atoms with Crippen molar-refractivity contribution in [1.82, 2.24) is 20.2 Å². The average molecular weight is 390 g/mol. The van der Waals surface area contributed by atoms with Crippen LogP contribution in [0.15, 0.2) is 23.4 Å². The molecule has 24 heavy (non-hydrogen) atoms. The van der Waals surface area contributed by atoms with Gasteiger partial charge in [-0.1, -0.05) is 35.0 Å². The number of rotatable bonds is 7. The van der Waals surface area contributed by atoms with E-state index in [1.807, 2.05) is 0 Å². The highest BCUT2D eigenvalue weighted by Crippen LogP contribution is 2.31. The van der Waals surface area contributed by atoms with Crippen LogP contribution in [0.2, 0.25) is 10.0 Å². The van der Waals surface area contributed by atoms with Gasteiger partial charge in [0.05, 0.1) is 16.9 Å². The summed E-state index contributed by atoms with van der Waals surface area (Å²) in [5.41, 5.74) is 0.572. The third-order valence-corrected chi connectivity index (χ3v) is 4.71. The van der Waals surface area contributed by atoms with Crippen molar-refractivity contribution in [2.75, 3.05) is 26.1 Å². The minimum Gasteiger partial charge on any atom is -0.383 e. The van der Waals surface area contributed by atoms with Crippen LogP contribution in [0.3, 0.4) is 0 Å². The van der Waals surface area contributed by atoms with Crippen molar-refractivity contribution in [3.63, 3.8) is 0 Å². The lowest BCUT2D eigenvalue weighted by molar-refractivity contribution is -0.120. The van der Waals surface area contributed by atoms with E-state index in [4.69, 9.17) is 33.8 Å². The molecule has 1 aromatic heterocycles. The molecule has 0 saturated heterocycles. The van der Waals surface area contributed by atoms with E-state index in [-0.39, 0.29) is 5.91 Å². The largest absolute Gasteiger partial charge is 0.383 e. The third kappa shape index (κ3) is 4.54. The maximum absolute atomic E-state index is 12.0. The summed E-state index contributed by atoms with van der Waals surface area (Å²) < 4.78 is 6.18. The second-order valence-electron chi connectivity index (χ2n) is 4.84. The van der Waals surface area contributed by atoms with Crippen LogP contribution >= 0.6 is 35.0 Å². The maximum Gasteiger partial charge on any atom is 0.233 e. The molecule has 1 aromatic carbocycles. The first-order valence-corrected chi connectivity index (χ1v) is 8.66. The first-order valence-electron chi connectivity index (χ1n) is 7.03. The first kappa shape index (κ1) is 18.9. The number of nitrogens with one attached hydrogen (secondary N) is 1. The third-order valence-electron chi connectivity index (χ3n) is 3.09. The number of hydrogen-bond acceptors (Lipinski definition) is 6. The smallest absolute Gasteiger partial charge is 0.233 e. The fraction of sp³-hybridized carbons (Fsp3) is 0.357. The van der Waals surface area contributed by atoms with Crippen LogP contribution in [-0.4, -0.2) is 46.3 Å². The molecule has 2 aromatic rings. The van der Waals surface area contributed by atoms with Gasteiger partial charge in [0.2, 0.25) is 11.1 Å². The molecule has 0 spiro atoms. The van der Waals surface area contributed by atoms with Gasteiger partial charge < -0.3 is 15.9 Å². The predicted octanol–water partition coefficient (Wildman–Crippen LogP) is 2.21. The van der Waals surface area contributed by atoms with Crippen LogP contribution in [0.1, 0.15) is 6.92 Å². The van der Waals surface area contributed by atoms with E-state index >= 15 is 0 Å². The van der Waals surface area contributed by atoms with Crippen molar-refractivity contribution in [3.8, 4) is 11.4 Å². The monoisotopic (exact) mass is 389 g/mol. The van der Waals surface area contributed by atoms with E-state index in [9.17, 15) is 4.79 Å². The number of amides is 1. The summed E-state index contributed by atoms with van der Waals surface area (Å²) in [4.78, 5) is 12.0. The van der Waals surface area contributed by atoms with Gasteiger partial charge in [0.25, 0.3) is 0 Å². The molecular weight excluding hydrogens is 373 g/mol. The number of carbonyl (C=O) groups is 1. The van der Waals surface area contributed by atoms with E-state index in [2.05, 4.69) is 15.5 Å². The second kappa shape index (κ2) is 8.57. The van der Waals surface area contributed by atoms with Crippen molar-refractivity contribution in [1.29, 1.82) is 0 Å². The number of methoxy groups -OCH3 is 1. The predicted molar refractivity (Wildman–Crippen MR) is 95.8 cm³/mol. The minimum absolute atomic E-state index is 0.137. The number of thioether (sulfide) groups is 1. The average Bonchev–Trinajstić information content (AvgIpc) is 2.90. The van der Waals surface area contributed by atoms with Gasteiger partial charge >= 0.3 is 0 Å². The number of carbonyl (C=O) groups excluding carboxylic acids is 1. The molecule has 1 atom stereocenters. The molecule has 1 amide bonds. The molecule has 1 heterocycles. The number of ether oxygens (including phenoxy) is 1. The standard InChI is InChI=1S/C14H17Cl2N5O2S/c1-8(13(22)18-5-6-23-2)24-14-20-19-12(21(14)17)10-7-9(15)3-4-11(10)16/h3-4,7-8H,5-6,17H2,1-2H3,(H,18,22)/t8-/m0/s1. The van der Waals surface area contributed by atoms with Crippen LogP contribution in [0, 0.1) is 0 Å². The summed E-state index contributed by atoms with van der Waals surface area (Å²) >= 11 is 13.3. The first-order chi connectivity index (χ1) is 11.4. The van der Waals surface area contributed by atoms with Crippen LogP contribution < -0.4 is 11.2 Å². The number of halogens is 2. The molecule has 0 aliphatic rings. The highest BCUT2D eigenvalue weighted by molar-refractivity contribution is 8.00. The minimum atomic E-state index is -0.393. The summed E-state index contributed by atoms with van der Waals surface area (Å²) in [7, 11) is 1.57. The maximum atomic E-state index is 12.0. The van der Waals surface area contributed by atoms with Gasteiger partial charge in [-0.05, 0) is 25.1 Å². The van der Waals surface area contributed by atoms with E-state index in [0.717, 1.165) is 0 Å². The number of hydrogen-bond donors (Lipinski definition) is 2. The Balaban J connectivity index is 2.12. The fourth-order valence-corrected chi connectivity index (χ4v) is 3.01. The molecule has 10 heteroatoms. The van der Waals surface area contributed by atoms with Gasteiger partial charge in [0.15, 0.2) is 5.82 Å². The Hall–Kier alpha value is -1.48. The zero-order chi connectivity index (χ0) is 17.7. The number of nitrogens with zero attached hydrogens (tertiary/aromatic N) is 3. The summed E-state index contributed by atoms with van der Waals surface area (Å²) in [6, 6.07) is 4.99. The molecule has 3 N–H and O–H groups in total. The Morgan fingerprint density at radius 2 is 2.21 bits per heavy atom. The van der Waals surface area contributed by atoms with Gasteiger partial charge in [-0.2, -0.15) is 0 Å². The van der Waals surface area contributed by atoms with Crippen molar-refractivity contribution in [3.05, 3.63) is 28.2 Å². The molecule has 0 saturated carbocycles. The SMILES string of the molecule is COCCNC(=O)[C@H](C)Sc1nnc(-c2cc(Cl)ccc2Cl)n1N. The summed E-state index contributed by atoms with van der Waals surface area (Å²) in [5.74, 6) is 6.28. The number of benzene rings is 1. The number of aromatic nitrogens is 3. The molecule has 2 rings (SSSR count). The molecule has 0 aliphatic heterocycles. The highest BCUT2D eigenvalue weighted by Gasteiger charge is 2.20. The van der Waals surface area contributed by atoms with Crippen LogP contribution in [0.4, 0.5) is 0 Å². The van der Waals surface area contributed by atoms with Gasteiger partial charge in [-0.25, -0.2) is 4.68 Å². The van der Waals surface area contributed by atoms with Crippen LogP contribution in [0.25, 0.3) is 11.4 Å². The Labute approximate surface area is 153 Å². The molecule has 0 radical (unpaired) electrons. The molecular formula is C14H17Cl2N5O2S.